The van der Waals surface area contributed by atoms with E-state index in [1.54, 1.807) is 24.8 Å². The van der Waals surface area contributed by atoms with E-state index in [-0.39, 0.29) is 0 Å². The van der Waals surface area contributed by atoms with Gasteiger partial charge < -0.3 is 0 Å². The average molecular weight is 290 g/mol. The van der Waals surface area contributed by atoms with Crippen molar-refractivity contribution in [1.29, 1.82) is 0 Å². The Kier molecular flexibility index (Phi) is 4.32. The molecule has 4 aromatic rings. The number of aromatic amines is 2. The van der Waals surface area contributed by atoms with Gasteiger partial charge in [0.15, 0.2) is 0 Å². The van der Waals surface area contributed by atoms with Crippen LogP contribution < -0.4 is 0 Å². The highest BCUT2D eigenvalue weighted by Gasteiger charge is 1.96. The largest absolute Gasteiger partial charge is 0.276 e. The lowest BCUT2D eigenvalue weighted by Crippen LogP contribution is -1.80. The topological polar surface area (TPSA) is 83.1 Å². The Hall–Kier alpha value is -3.28. The molecule has 0 aliphatic carbocycles. The van der Waals surface area contributed by atoms with Gasteiger partial charge in [-0.05, 0) is 36.4 Å². The van der Waals surface area contributed by atoms with Crippen molar-refractivity contribution in [3.63, 3.8) is 0 Å². The lowest BCUT2D eigenvalue weighted by atomic mass is 10.3. The predicted molar refractivity (Wildman–Crippen MR) is 83.6 cm³/mol. The third-order valence-electron chi connectivity index (χ3n) is 2.88. The second-order valence-electron chi connectivity index (χ2n) is 4.37. The van der Waals surface area contributed by atoms with Crippen molar-refractivity contribution in [2.24, 2.45) is 0 Å². The van der Waals surface area contributed by atoms with Crippen LogP contribution in [0.3, 0.4) is 0 Å². The van der Waals surface area contributed by atoms with Gasteiger partial charge in [-0.15, -0.1) is 0 Å². The molecular weight excluding hydrogens is 276 g/mol. The lowest BCUT2D eigenvalue weighted by molar-refractivity contribution is 1.09. The first-order valence-electron chi connectivity index (χ1n) is 6.75. The van der Waals surface area contributed by atoms with Gasteiger partial charge in [-0.1, -0.05) is 12.1 Å². The third-order valence-corrected chi connectivity index (χ3v) is 2.88. The van der Waals surface area contributed by atoms with Crippen LogP contribution in [0.25, 0.3) is 22.8 Å². The maximum absolute atomic E-state index is 4.15. The minimum Gasteiger partial charge on any atom is -0.276 e. The summed E-state index contributed by atoms with van der Waals surface area (Å²) in [6.45, 7) is 0. The summed E-state index contributed by atoms with van der Waals surface area (Å²) in [5.74, 6) is 0. The summed E-state index contributed by atoms with van der Waals surface area (Å²) in [6, 6.07) is 15.3. The molecule has 0 spiro atoms. The number of nitrogens with one attached hydrogen (secondary N) is 2. The number of hydrogen-bond acceptors (Lipinski definition) is 4. The molecule has 0 aliphatic rings. The molecule has 0 radical (unpaired) electrons. The van der Waals surface area contributed by atoms with Crippen LogP contribution in [0.15, 0.2) is 73.3 Å². The van der Waals surface area contributed by atoms with E-state index in [9.17, 15) is 0 Å². The highest BCUT2D eigenvalue weighted by Crippen LogP contribution is 2.11. The van der Waals surface area contributed by atoms with E-state index in [1.807, 2.05) is 48.5 Å². The summed E-state index contributed by atoms with van der Waals surface area (Å²) in [5, 5.41) is 13.3. The van der Waals surface area contributed by atoms with E-state index in [4.69, 9.17) is 0 Å². The Morgan fingerprint density at radius 1 is 0.545 bits per heavy atom. The molecule has 0 aliphatic heterocycles. The van der Waals surface area contributed by atoms with Gasteiger partial charge in [-0.25, -0.2) is 0 Å². The van der Waals surface area contributed by atoms with Crippen molar-refractivity contribution in [3.05, 3.63) is 73.3 Å². The van der Waals surface area contributed by atoms with Gasteiger partial charge in [0, 0.05) is 24.8 Å². The summed E-state index contributed by atoms with van der Waals surface area (Å²) >= 11 is 0. The SMILES string of the molecule is c1ccc(-c2ccn[nH]2)nc1.c1ccc(-c2ccn[nH]2)nc1. The van der Waals surface area contributed by atoms with Crippen molar-refractivity contribution >= 4 is 0 Å². The van der Waals surface area contributed by atoms with Crippen molar-refractivity contribution in [1.82, 2.24) is 30.4 Å². The van der Waals surface area contributed by atoms with Crippen LogP contribution in [0.1, 0.15) is 0 Å². The molecule has 22 heavy (non-hydrogen) atoms. The molecule has 0 aromatic carbocycles. The molecule has 0 saturated heterocycles. The zero-order valence-electron chi connectivity index (χ0n) is 11.7. The highest BCUT2D eigenvalue weighted by molar-refractivity contribution is 5.52. The fraction of sp³-hybridized carbons (Fsp3) is 0. The Labute approximate surface area is 127 Å². The Morgan fingerprint density at radius 2 is 1.05 bits per heavy atom. The van der Waals surface area contributed by atoms with Crippen LogP contribution >= 0.6 is 0 Å². The molecule has 0 bridgehead atoms. The van der Waals surface area contributed by atoms with E-state index in [1.165, 1.54) is 0 Å². The summed E-state index contributed by atoms with van der Waals surface area (Å²) < 4.78 is 0. The van der Waals surface area contributed by atoms with Gasteiger partial charge in [-0.2, -0.15) is 10.2 Å². The number of H-pyrrole nitrogens is 2. The van der Waals surface area contributed by atoms with Gasteiger partial charge >= 0.3 is 0 Å². The van der Waals surface area contributed by atoms with Crippen molar-refractivity contribution < 1.29 is 0 Å². The molecule has 4 rings (SSSR count). The molecule has 0 unspecified atom stereocenters. The first-order valence-corrected chi connectivity index (χ1v) is 6.75. The lowest BCUT2D eigenvalue weighted by Gasteiger charge is -1.92. The van der Waals surface area contributed by atoms with E-state index >= 15 is 0 Å². The Bertz CT molecular complexity index is 694. The number of aromatic nitrogens is 6. The molecule has 0 fully saturated rings. The van der Waals surface area contributed by atoms with Crippen LogP contribution in [0.5, 0.6) is 0 Å². The highest BCUT2D eigenvalue weighted by atomic mass is 15.1. The van der Waals surface area contributed by atoms with Gasteiger partial charge in [-0.3, -0.25) is 20.2 Å². The number of pyridine rings is 2. The third kappa shape index (κ3) is 3.43. The monoisotopic (exact) mass is 290 g/mol. The fourth-order valence-corrected chi connectivity index (χ4v) is 1.84. The smallest absolute Gasteiger partial charge is 0.0880 e. The maximum atomic E-state index is 4.15. The molecule has 4 heterocycles. The van der Waals surface area contributed by atoms with Gasteiger partial charge in [0.1, 0.15) is 0 Å². The first kappa shape index (κ1) is 13.7. The average Bonchev–Trinajstić information content (AvgIpc) is 3.31. The second-order valence-corrected chi connectivity index (χ2v) is 4.37. The van der Waals surface area contributed by atoms with Crippen LogP contribution in [0.4, 0.5) is 0 Å². The van der Waals surface area contributed by atoms with Crippen molar-refractivity contribution in [2.45, 2.75) is 0 Å². The first-order chi connectivity index (χ1) is 10.9. The predicted octanol–water partition coefficient (Wildman–Crippen LogP) is 2.94. The van der Waals surface area contributed by atoms with E-state index < -0.39 is 0 Å². The molecule has 6 nitrogen and oxygen atoms in total. The van der Waals surface area contributed by atoms with Crippen molar-refractivity contribution in [2.75, 3.05) is 0 Å². The molecule has 108 valence electrons. The summed E-state index contributed by atoms with van der Waals surface area (Å²) in [4.78, 5) is 8.30. The van der Waals surface area contributed by atoms with Crippen molar-refractivity contribution in [3.8, 4) is 22.8 Å². The Morgan fingerprint density at radius 3 is 1.36 bits per heavy atom. The minimum atomic E-state index is 0.921. The molecule has 2 N–H and O–H groups in total. The van der Waals surface area contributed by atoms with Gasteiger partial charge in [0.05, 0.1) is 22.8 Å². The summed E-state index contributed by atoms with van der Waals surface area (Å²) in [6.07, 6.45) is 6.94. The van der Waals surface area contributed by atoms with E-state index in [0.29, 0.717) is 0 Å². The minimum absolute atomic E-state index is 0.921. The fourth-order valence-electron chi connectivity index (χ4n) is 1.84. The molecule has 6 heteroatoms. The molecule has 0 amide bonds. The van der Waals surface area contributed by atoms with E-state index in [2.05, 4.69) is 30.4 Å². The molecular formula is C16H14N6. The molecule has 0 saturated carbocycles. The van der Waals surface area contributed by atoms with Crippen LogP contribution in [-0.4, -0.2) is 30.4 Å². The maximum Gasteiger partial charge on any atom is 0.0880 e. The number of hydrogen-bond donors (Lipinski definition) is 2. The molecule has 0 atom stereocenters. The van der Waals surface area contributed by atoms with E-state index in [0.717, 1.165) is 22.8 Å². The summed E-state index contributed by atoms with van der Waals surface area (Å²) in [5.41, 5.74) is 3.74. The number of nitrogens with zero attached hydrogens (tertiary/aromatic N) is 4. The number of rotatable bonds is 2. The quantitative estimate of drug-likeness (QED) is 0.594. The normalized spacial score (nSPS) is 9.82. The zero-order chi connectivity index (χ0) is 15.0. The van der Waals surface area contributed by atoms with Gasteiger partial charge in [0.25, 0.3) is 0 Å². The standard InChI is InChI=1S/2C8H7N3/c2*1-2-5-9-7(3-1)8-4-6-10-11-8/h2*1-6H,(H,10,11). The van der Waals surface area contributed by atoms with Gasteiger partial charge in [0.2, 0.25) is 0 Å². The van der Waals surface area contributed by atoms with Crippen LogP contribution in [0, 0.1) is 0 Å². The Balaban J connectivity index is 0.000000131. The molecule has 4 aromatic heterocycles. The van der Waals surface area contributed by atoms with Crippen LogP contribution in [0.2, 0.25) is 0 Å². The van der Waals surface area contributed by atoms with Crippen LogP contribution in [-0.2, 0) is 0 Å². The zero-order valence-corrected chi connectivity index (χ0v) is 11.7. The second kappa shape index (κ2) is 6.94. The summed E-state index contributed by atoms with van der Waals surface area (Å²) in [7, 11) is 0.